The monoisotopic (exact) mass is 205 g/mol. The van der Waals surface area contributed by atoms with Crippen molar-refractivity contribution in [3.8, 4) is 0 Å². The van der Waals surface area contributed by atoms with Crippen LogP contribution in [0.15, 0.2) is 24.7 Å². The minimum Gasteiger partial charge on any atom is -0.347 e. The molecule has 0 aliphatic heterocycles. The van der Waals surface area contributed by atoms with Crippen molar-refractivity contribution in [2.75, 3.05) is 0 Å². The maximum Gasteiger partial charge on any atom is 0.123 e. The second-order valence-corrected chi connectivity index (χ2v) is 3.40. The van der Waals surface area contributed by atoms with E-state index in [1.807, 2.05) is 12.3 Å². The fraction of sp³-hybridized carbons (Fsp3) is 0.400. The molecule has 0 saturated heterocycles. The average molecular weight is 205 g/mol. The normalized spacial score (nSPS) is 12.9. The van der Waals surface area contributed by atoms with E-state index in [1.54, 1.807) is 12.4 Å². The molecule has 2 aromatic rings. The lowest BCUT2D eigenvalue weighted by Crippen LogP contribution is -2.21. The third kappa shape index (κ3) is 2.44. The van der Waals surface area contributed by atoms with Gasteiger partial charge in [-0.25, -0.2) is 4.98 Å². The summed E-state index contributed by atoms with van der Waals surface area (Å²) >= 11 is 0. The molecule has 0 radical (unpaired) electrons. The predicted octanol–water partition coefficient (Wildman–Crippen LogP) is 1.37. The zero-order valence-electron chi connectivity index (χ0n) is 8.70. The van der Waals surface area contributed by atoms with E-state index in [1.165, 1.54) is 0 Å². The number of nitrogens with one attached hydrogen (secondary N) is 3. The number of aromatic nitrogens is 4. The molecule has 0 bridgehead atoms. The highest BCUT2D eigenvalue weighted by Gasteiger charge is 2.10. The van der Waals surface area contributed by atoms with E-state index in [9.17, 15) is 0 Å². The maximum absolute atomic E-state index is 4.24. The van der Waals surface area contributed by atoms with Gasteiger partial charge < -0.3 is 10.3 Å². The Morgan fingerprint density at radius 1 is 1.47 bits per heavy atom. The highest BCUT2D eigenvalue weighted by molar-refractivity contribution is 5.00. The molecule has 1 atom stereocenters. The van der Waals surface area contributed by atoms with Crippen LogP contribution >= 0.6 is 0 Å². The zero-order chi connectivity index (χ0) is 10.5. The third-order valence-corrected chi connectivity index (χ3v) is 2.36. The first kappa shape index (κ1) is 9.92. The average Bonchev–Trinajstić information content (AvgIpc) is 2.90. The fourth-order valence-electron chi connectivity index (χ4n) is 1.52. The zero-order valence-corrected chi connectivity index (χ0v) is 8.70. The van der Waals surface area contributed by atoms with E-state index in [2.05, 4.69) is 32.4 Å². The Labute approximate surface area is 88.3 Å². The van der Waals surface area contributed by atoms with E-state index in [0.717, 1.165) is 24.5 Å². The van der Waals surface area contributed by atoms with Gasteiger partial charge in [0.05, 0.1) is 6.04 Å². The topological polar surface area (TPSA) is 69.4 Å². The molecular weight excluding hydrogens is 190 g/mol. The Balaban J connectivity index is 1.92. The van der Waals surface area contributed by atoms with Gasteiger partial charge in [-0.05, 0) is 12.5 Å². The highest BCUT2D eigenvalue weighted by Crippen LogP contribution is 2.11. The molecule has 2 aromatic heterocycles. The van der Waals surface area contributed by atoms with Crippen molar-refractivity contribution < 1.29 is 0 Å². The van der Waals surface area contributed by atoms with Crippen molar-refractivity contribution in [1.29, 1.82) is 0 Å². The molecule has 15 heavy (non-hydrogen) atoms. The van der Waals surface area contributed by atoms with Gasteiger partial charge in [0.25, 0.3) is 0 Å². The van der Waals surface area contributed by atoms with Gasteiger partial charge in [0.15, 0.2) is 0 Å². The summed E-state index contributed by atoms with van der Waals surface area (Å²) in [5.41, 5.74) is 1.08. The molecule has 0 fully saturated rings. The molecule has 0 saturated carbocycles. The van der Waals surface area contributed by atoms with E-state index in [4.69, 9.17) is 0 Å². The Kier molecular flexibility index (Phi) is 3.14. The van der Waals surface area contributed by atoms with Crippen molar-refractivity contribution in [3.05, 3.63) is 36.2 Å². The standard InChI is InChI=1S/C10H15N5/c1-2-9(10-11-5-6-12-10)13-7-8-3-4-14-15-8/h3-6,9,13H,2,7H2,1H3,(H,11,12)(H,14,15). The van der Waals surface area contributed by atoms with Gasteiger partial charge in [-0.1, -0.05) is 6.92 Å². The fourth-order valence-corrected chi connectivity index (χ4v) is 1.52. The highest BCUT2D eigenvalue weighted by atomic mass is 15.1. The van der Waals surface area contributed by atoms with Crippen molar-refractivity contribution in [1.82, 2.24) is 25.5 Å². The second kappa shape index (κ2) is 4.75. The first-order valence-electron chi connectivity index (χ1n) is 5.11. The lowest BCUT2D eigenvalue weighted by atomic mass is 10.2. The Hall–Kier alpha value is -1.62. The summed E-state index contributed by atoms with van der Waals surface area (Å²) in [6.07, 6.45) is 6.37. The van der Waals surface area contributed by atoms with Crippen LogP contribution in [0.1, 0.15) is 30.9 Å². The minimum absolute atomic E-state index is 0.267. The van der Waals surface area contributed by atoms with Gasteiger partial charge in [0, 0.05) is 30.8 Å². The summed E-state index contributed by atoms with van der Waals surface area (Å²) in [4.78, 5) is 7.36. The molecule has 5 nitrogen and oxygen atoms in total. The molecule has 3 N–H and O–H groups in total. The van der Waals surface area contributed by atoms with Crippen molar-refractivity contribution in [2.24, 2.45) is 0 Å². The van der Waals surface area contributed by atoms with Gasteiger partial charge in [-0.2, -0.15) is 5.10 Å². The van der Waals surface area contributed by atoms with Crippen molar-refractivity contribution in [3.63, 3.8) is 0 Å². The lowest BCUT2D eigenvalue weighted by Gasteiger charge is -2.13. The molecule has 0 aromatic carbocycles. The van der Waals surface area contributed by atoms with E-state index < -0.39 is 0 Å². The number of imidazole rings is 1. The summed E-state index contributed by atoms with van der Waals surface area (Å²) in [6.45, 7) is 2.91. The number of hydrogen-bond donors (Lipinski definition) is 3. The summed E-state index contributed by atoms with van der Waals surface area (Å²) in [7, 11) is 0. The van der Waals surface area contributed by atoms with Crippen LogP contribution in [0.2, 0.25) is 0 Å². The molecule has 0 amide bonds. The van der Waals surface area contributed by atoms with Crippen LogP contribution in [0.4, 0.5) is 0 Å². The molecule has 1 unspecified atom stereocenters. The number of aromatic amines is 2. The minimum atomic E-state index is 0.267. The maximum atomic E-state index is 4.24. The Morgan fingerprint density at radius 3 is 3.00 bits per heavy atom. The number of nitrogens with zero attached hydrogens (tertiary/aromatic N) is 2. The second-order valence-electron chi connectivity index (χ2n) is 3.40. The van der Waals surface area contributed by atoms with Crippen molar-refractivity contribution >= 4 is 0 Å². The third-order valence-electron chi connectivity index (χ3n) is 2.36. The van der Waals surface area contributed by atoms with Gasteiger partial charge >= 0.3 is 0 Å². The molecule has 2 heterocycles. The number of rotatable bonds is 5. The molecule has 0 aliphatic carbocycles. The molecule has 80 valence electrons. The summed E-state index contributed by atoms with van der Waals surface area (Å²) < 4.78 is 0. The quantitative estimate of drug-likeness (QED) is 0.690. The van der Waals surface area contributed by atoms with Crippen molar-refractivity contribution in [2.45, 2.75) is 25.9 Å². The van der Waals surface area contributed by atoms with E-state index >= 15 is 0 Å². The number of H-pyrrole nitrogens is 2. The van der Waals surface area contributed by atoms with E-state index in [-0.39, 0.29) is 6.04 Å². The van der Waals surface area contributed by atoms with Gasteiger partial charge in [-0.15, -0.1) is 0 Å². The molecule has 0 spiro atoms. The SMILES string of the molecule is CCC(NCc1ccn[nH]1)c1ncc[nH]1. The van der Waals surface area contributed by atoms with Crippen LogP contribution in [0.3, 0.4) is 0 Å². The van der Waals surface area contributed by atoms with Crippen LogP contribution in [-0.4, -0.2) is 20.2 Å². The number of hydrogen-bond acceptors (Lipinski definition) is 3. The summed E-state index contributed by atoms with van der Waals surface area (Å²) in [6, 6.07) is 2.23. The first-order chi connectivity index (χ1) is 7.40. The smallest absolute Gasteiger partial charge is 0.123 e. The van der Waals surface area contributed by atoms with Crippen LogP contribution in [0.25, 0.3) is 0 Å². The van der Waals surface area contributed by atoms with Gasteiger partial charge in [-0.3, -0.25) is 5.10 Å². The lowest BCUT2D eigenvalue weighted by molar-refractivity contribution is 0.493. The summed E-state index contributed by atoms with van der Waals surface area (Å²) in [5.74, 6) is 0.983. The molecule has 2 rings (SSSR count). The van der Waals surface area contributed by atoms with Crippen LogP contribution in [-0.2, 0) is 6.54 Å². The van der Waals surface area contributed by atoms with Crippen LogP contribution in [0.5, 0.6) is 0 Å². The van der Waals surface area contributed by atoms with E-state index in [0.29, 0.717) is 0 Å². The largest absolute Gasteiger partial charge is 0.347 e. The molecule has 0 aliphatic rings. The van der Waals surface area contributed by atoms with Gasteiger partial charge in [0.2, 0.25) is 0 Å². The van der Waals surface area contributed by atoms with Gasteiger partial charge in [0.1, 0.15) is 5.82 Å². The summed E-state index contributed by atoms with van der Waals surface area (Å²) in [5, 5.41) is 10.2. The molecule has 5 heteroatoms. The predicted molar refractivity (Wildman–Crippen MR) is 57.0 cm³/mol. The van der Waals surface area contributed by atoms with Crippen LogP contribution < -0.4 is 5.32 Å². The first-order valence-corrected chi connectivity index (χ1v) is 5.11. The van der Waals surface area contributed by atoms with Crippen LogP contribution in [0, 0.1) is 0 Å². The molecular formula is C10H15N5. The Bertz CT molecular complexity index is 364. The Morgan fingerprint density at radius 2 is 2.40 bits per heavy atom.